The molecule has 0 spiro atoms. The molecule has 0 heterocycles. The van der Waals surface area contributed by atoms with Crippen molar-refractivity contribution in [2.45, 2.75) is 17.9 Å². The summed E-state index contributed by atoms with van der Waals surface area (Å²) in [7, 11) is -0.654. The van der Waals surface area contributed by atoms with Gasteiger partial charge >= 0.3 is 0 Å². The SMILES string of the molecule is COCC(C)N(C)S(=O)(=O)c1ccc(O)c(N)c1. The standard InChI is InChI=1S/C11H18N2O4S/c1-8(7-17-3)13(2)18(15,16)9-4-5-11(14)10(12)6-9/h4-6,8,14H,7,12H2,1-3H3. The molecular formula is C11H18N2O4S. The van der Waals surface area contributed by atoms with Crippen LogP contribution in [0.4, 0.5) is 5.69 Å². The Labute approximate surface area is 107 Å². The van der Waals surface area contributed by atoms with E-state index in [1.807, 2.05) is 0 Å². The summed E-state index contributed by atoms with van der Waals surface area (Å²) in [6, 6.07) is 3.52. The van der Waals surface area contributed by atoms with Crippen molar-refractivity contribution in [2.24, 2.45) is 0 Å². The second-order valence-electron chi connectivity index (χ2n) is 4.05. The van der Waals surface area contributed by atoms with E-state index in [2.05, 4.69) is 0 Å². The molecule has 1 atom stereocenters. The van der Waals surface area contributed by atoms with E-state index in [0.717, 1.165) is 0 Å². The minimum atomic E-state index is -3.64. The maximum absolute atomic E-state index is 12.2. The number of aromatic hydroxyl groups is 1. The highest BCUT2D eigenvalue weighted by Gasteiger charge is 2.25. The summed E-state index contributed by atoms with van der Waals surface area (Å²) in [5.41, 5.74) is 5.53. The largest absolute Gasteiger partial charge is 0.506 e. The molecule has 0 fully saturated rings. The fraction of sp³-hybridized carbons (Fsp3) is 0.455. The normalized spacial score (nSPS) is 13.8. The van der Waals surface area contributed by atoms with Gasteiger partial charge in [0.1, 0.15) is 5.75 Å². The topological polar surface area (TPSA) is 92.9 Å². The van der Waals surface area contributed by atoms with Crippen molar-refractivity contribution in [3.63, 3.8) is 0 Å². The Morgan fingerprint density at radius 1 is 1.50 bits per heavy atom. The fourth-order valence-corrected chi connectivity index (χ4v) is 2.83. The molecule has 0 aliphatic carbocycles. The van der Waals surface area contributed by atoms with E-state index >= 15 is 0 Å². The van der Waals surface area contributed by atoms with Gasteiger partial charge in [0.2, 0.25) is 10.0 Å². The predicted molar refractivity (Wildman–Crippen MR) is 68.8 cm³/mol. The highest BCUT2D eigenvalue weighted by atomic mass is 32.2. The molecule has 0 bridgehead atoms. The lowest BCUT2D eigenvalue weighted by Gasteiger charge is -2.23. The molecular weight excluding hydrogens is 256 g/mol. The number of sulfonamides is 1. The summed E-state index contributed by atoms with van der Waals surface area (Å²) in [6.45, 7) is 2.04. The van der Waals surface area contributed by atoms with Crippen molar-refractivity contribution < 1.29 is 18.3 Å². The first-order chi connectivity index (χ1) is 8.30. The number of benzene rings is 1. The molecule has 0 aromatic heterocycles. The lowest BCUT2D eigenvalue weighted by atomic mass is 10.3. The highest BCUT2D eigenvalue weighted by Crippen LogP contribution is 2.25. The zero-order valence-electron chi connectivity index (χ0n) is 10.6. The van der Waals surface area contributed by atoms with Crippen LogP contribution in [-0.4, -0.2) is 44.6 Å². The molecule has 1 rings (SSSR count). The van der Waals surface area contributed by atoms with Crippen LogP contribution in [0.2, 0.25) is 0 Å². The number of methoxy groups -OCH3 is 1. The first-order valence-corrected chi connectivity index (χ1v) is 6.80. The summed E-state index contributed by atoms with van der Waals surface area (Å²) in [5, 5.41) is 9.29. The molecule has 0 radical (unpaired) electrons. The van der Waals surface area contributed by atoms with E-state index in [4.69, 9.17) is 10.5 Å². The van der Waals surface area contributed by atoms with Crippen LogP contribution >= 0.6 is 0 Å². The number of phenols is 1. The van der Waals surface area contributed by atoms with Crippen LogP contribution in [0.1, 0.15) is 6.92 Å². The third-order valence-corrected chi connectivity index (χ3v) is 4.67. The maximum Gasteiger partial charge on any atom is 0.243 e. The van der Waals surface area contributed by atoms with Crippen molar-refractivity contribution >= 4 is 15.7 Å². The Kier molecular flexibility index (Phi) is 4.55. The monoisotopic (exact) mass is 274 g/mol. The number of likely N-dealkylation sites (N-methyl/N-ethyl adjacent to an activating group) is 1. The van der Waals surface area contributed by atoms with Gasteiger partial charge in [0.05, 0.1) is 17.2 Å². The van der Waals surface area contributed by atoms with E-state index in [0.29, 0.717) is 6.61 Å². The van der Waals surface area contributed by atoms with Crippen LogP contribution in [0.15, 0.2) is 23.1 Å². The smallest absolute Gasteiger partial charge is 0.243 e. The van der Waals surface area contributed by atoms with Gasteiger partial charge in [0, 0.05) is 20.2 Å². The van der Waals surface area contributed by atoms with Crippen molar-refractivity contribution in [3.05, 3.63) is 18.2 Å². The van der Waals surface area contributed by atoms with Gasteiger partial charge in [-0.25, -0.2) is 8.42 Å². The van der Waals surface area contributed by atoms with Crippen LogP contribution in [0.5, 0.6) is 5.75 Å². The number of nitrogen functional groups attached to an aromatic ring is 1. The third-order valence-electron chi connectivity index (χ3n) is 2.70. The maximum atomic E-state index is 12.2. The molecule has 0 saturated carbocycles. The molecule has 0 amide bonds. The summed E-state index contributed by atoms with van der Waals surface area (Å²) in [5.74, 6) is -0.137. The van der Waals surface area contributed by atoms with Gasteiger partial charge in [0.15, 0.2) is 0 Å². The molecule has 7 heteroatoms. The van der Waals surface area contributed by atoms with Crippen LogP contribution in [0, 0.1) is 0 Å². The van der Waals surface area contributed by atoms with Crippen LogP contribution in [0.3, 0.4) is 0 Å². The third kappa shape index (κ3) is 2.92. The van der Waals surface area contributed by atoms with Crippen molar-refractivity contribution in [1.29, 1.82) is 0 Å². The number of phenolic OH excluding ortho intramolecular Hbond substituents is 1. The summed E-state index contributed by atoms with van der Waals surface area (Å²) < 4.78 is 30.6. The van der Waals surface area contributed by atoms with Crippen molar-refractivity contribution in [1.82, 2.24) is 4.31 Å². The first-order valence-electron chi connectivity index (χ1n) is 5.36. The molecule has 1 aromatic carbocycles. The van der Waals surface area contributed by atoms with Crippen molar-refractivity contribution in [3.8, 4) is 5.75 Å². The molecule has 3 N–H and O–H groups in total. The zero-order valence-corrected chi connectivity index (χ0v) is 11.4. The molecule has 6 nitrogen and oxygen atoms in total. The molecule has 0 aliphatic rings. The van der Waals surface area contributed by atoms with Crippen LogP contribution < -0.4 is 5.73 Å². The van der Waals surface area contributed by atoms with Gasteiger partial charge in [-0.15, -0.1) is 0 Å². The molecule has 1 unspecified atom stereocenters. The lowest BCUT2D eigenvalue weighted by Crippen LogP contribution is -2.37. The number of hydrogen-bond acceptors (Lipinski definition) is 5. The Bertz CT molecular complexity index is 516. The Morgan fingerprint density at radius 3 is 2.61 bits per heavy atom. The molecule has 0 aliphatic heterocycles. The first kappa shape index (κ1) is 14.7. The zero-order chi connectivity index (χ0) is 13.9. The number of ether oxygens (including phenoxy) is 1. The van der Waals surface area contributed by atoms with Gasteiger partial charge in [-0.05, 0) is 25.1 Å². The second kappa shape index (κ2) is 5.55. The van der Waals surface area contributed by atoms with Crippen molar-refractivity contribution in [2.75, 3.05) is 26.5 Å². The molecule has 1 aromatic rings. The Morgan fingerprint density at radius 2 is 2.11 bits per heavy atom. The lowest BCUT2D eigenvalue weighted by molar-refractivity contribution is 0.149. The summed E-state index contributed by atoms with van der Waals surface area (Å²) >= 11 is 0. The molecule has 0 saturated heterocycles. The van der Waals surface area contributed by atoms with E-state index in [1.165, 1.54) is 36.7 Å². The average molecular weight is 274 g/mol. The number of nitrogens with zero attached hydrogens (tertiary/aromatic N) is 1. The minimum absolute atomic E-state index is 0.0314. The Balaban J connectivity index is 3.09. The Hall–Kier alpha value is -1.31. The van der Waals surface area contributed by atoms with Gasteiger partial charge in [0.25, 0.3) is 0 Å². The van der Waals surface area contributed by atoms with Crippen LogP contribution in [-0.2, 0) is 14.8 Å². The van der Waals surface area contributed by atoms with Gasteiger partial charge in [-0.1, -0.05) is 0 Å². The number of nitrogens with two attached hydrogens (primary N) is 1. The molecule has 18 heavy (non-hydrogen) atoms. The number of hydrogen-bond donors (Lipinski definition) is 2. The number of anilines is 1. The summed E-state index contributed by atoms with van der Waals surface area (Å²) in [6.07, 6.45) is 0. The fourth-order valence-electron chi connectivity index (χ4n) is 1.44. The van der Waals surface area contributed by atoms with E-state index in [-0.39, 0.29) is 22.4 Å². The van der Waals surface area contributed by atoms with Gasteiger partial charge in [-0.3, -0.25) is 0 Å². The average Bonchev–Trinajstić information content (AvgIpc) is 2.31. The van der Waals surface area contributed by atoms with E-state index in [1.54, 1.807) is 6.92 Å². The minimum Gasteiger partial charge on any atom is -0.506 e. The van der Waals surface area contributed by atoms with Crippen LogP contribution in [0.25, 0.3) is 0 Å². The quantitative estimate of drug-likeness (QED) is 0.607. The van der Waals surface area contributed by atoms with Gasteiger partial charge < -0.3 is 15.6 Å². The highest BCUT2D eigenvalue weighted by molar-refractivity contribution is 7.89. The van der Waals surface area contributed by atoms with Gasteiger partial charge in [-0.2, -0.15) is 4.31 Å². The number of rotatable bonds is 5. The second-order valence-corrected chi connectivity index (χ2v) is 6.04. The molecule has 102 valence electrons. The summed E-state index contributed by atoms with van der Waals surface area (Å²) in [4.78, 5) is 0.0447. The predicted octanol–water partition coefficient (Wildman–Crippen LogP) is 0.630. The van der Waals surface area contributed by atoms with E-state index in [9.17, 15) is 13.5 Å². The van der Waals surface area contributed by atoms with E-state index < -0.39 is 10.0 Å².